The van der Waals surface area contributed by atoms with Crippen LogP contribution < -0.4 is 15.4 Å². The quantitative estimate of drug-likeness (QED) is 0.784. The molecule has 2 amide bonds. The van der Waals surface area contributed by atoms with Gasteiger partial charge in [0.05, 0.1) is 12.7 Å². The number of rotatable bonds is 6. The summed E-state index contributed by atoms with van der Waals surface area (Å²) in [7, 11) is 1.50. The predicted octanol–water partition coefficient (Wildman–Crippen LogP) is 2.44. The Hall–Kier alpha value is -1.87. The molecule has 1 rings (SSSR count). The second-order valence-electron chi connectivity index (χ2n) is 3.60. The third-order valence-electron chi connectivity index (χ3n) is 2.31. The fourth-order valence-electron chi connectivity index (χ4n) is 1.43. The van der Waals surface area contributed by atoms with Crippen molar-refractivity contribution in [2.24, 2.45) is 0 Å². The molecule has 0 aliphatic carbocycles. The highest BCUT2D eigenvalue weighted by Gasteiger charge is 2.06. The zero-order chi connectivity index (χ0) is 14.1. The van der Waals surface area contributed by atoms with E-state index in [0.717, 1.165) is 11.5 Å². The van der Waals surface area contributed by atoms with Gasteiger partial charge in [0, 0.05) is 18.0 Å². The highest BCUT2D eigenvalue weighted by atomic mass is 32.2. The van der Waals surface area contributed by atoms with Gasteiger partial charge in [-0.15, -0.1) is 0 Å². The van der Waals surface area contributed by atoms with Crippen molar-refractivity contribution in [3.8, 4) is 11.8 Å². The molecular weight excluding hydrogens is 262 g/mol. The van der Waals surface area contributed by atoms with Gasteiger partial charge in [-0.2, -0.15) is 17.0 Å². The fourth-order valence-corrected chi connectivity index (χ4v) is 1.96. The molecule has 2 N–H and O–H groups in total. The van der Waals surface area contributed by atoms with Gasteiger partial charge in [0.2, 0.25) is 0 Å². The number of nitriles is 1. The number of carbonyl (C=O) groups is 1. The molecule has 0 aliphatic heterocycles. The summed E-state index contributed by atoms with van der Waals surface area (Å²) in [5.41, 5.74) is 0.958. The molecule has 5 nitrogen and oxygen atoms in total. The van der Waals surface area contributed by atoms with Crippen LogP contribution in [0, 0.1) is 11.3 Å². The van der Waals surface area contributed by atoms with Gasteiger partial charge in [-0.25, -0.2) is 4.79 Å². The summed E-state index contributed by atoms with van der Waals surface area (Å²) < 4.78 is 5.03. The van der Waals surface area contributed by atoms with E-state index in [1.807, 2.05) is 6.07 Å². The lowest BCUT2D eigenvalue weighted by atomic mass is 10.2. The molecule has 19 heavy (non-hydrogen) atoms. The van der Waals surface area contributed by atoms with E-state index in [2.05, 4.69) is 17.6 Å². The van der Waals surface area contributed by atoms with Gasteiger partial charge >= 0.3 is 6.03 Å². The minimum absolute atomic E-state index is 0.272. The summed E-state index contributed by atoms with van der Waals surface area (Å²) in [6, 6.07) is 6.68. The smallest absolute Gasteiger partial charge is 0.319 e. The van der Waals surface area contributed by atoms with Crippen molar-refractivity contribution in [1.82, 2.24) is 5.32 Å². The van der Waals surface area contributed by atoms with Gasteiger partial charge in [0.15, 0.2) is 0 Å². The lowest BCUT2D eigenvalue weighted by Gasteiger charge is -2.09. The van der Waals surface area contributed by atoms with Crippen molar-refractivity contribution >= 4 is 23.5 Å². The number of thioether (sulfide) groups is 1. The van der Waals surface area contributed by atoms with Crippen LogP contribution in [0.5, 0.6) is 5.75 Å². The Morgan fingerprint density at radius 1 is 1.53 bits per heavy atom. The third kappa shape index (κ3) is 5.10. The SMILES string of the molecule is CCSCCNC(=O)Nc1ccc(OC)c(C#N)c1. The number of carbonyl (C=O) groups excluding carboxylic acids is 1. The van der Waals surface area contributed by atoms with Gasteiger partial charge in [-0.3, -0.25) is 0 Å². The minimum atomic E-state index is -0.272. The van der Waals surface area contributed by atoms with E-state index in [1.54, 1.807) is 30.0 Å². The van der Waals surface area contributed by atoms with Crippen molar-refractivity contribution in [2.45, 2.75) is 6.92 Å². The zero-order valence-electron chi connectivity index (χ0n) is 11.0. The Kier molecular flexibility index (Phi) is 6.61. The molecule has 0 saturated heterocycles. The highest BCUT2D eigenvalue weighted by Crippen LogP contribution is 2.21. The van der Waals surface area contributed by atoms with E-state index in [4.69, 9.17) is 10.00 Å². The molecule has 0 saturated carbocycles. The number of methoxy groups -OCH3 is 1. The number of hydrogen-bond donors (Lipinski definition) is 2. The summed E-state index contributed by atoms with van der Waals surface area (Å²) in [4.78, 5) is 11.6. The van der Waals surface area contributed by atoms with E-state index >= 15 is 0 Å². The number of nitrogens with zero attached hydrogens (tertiary/aromatic N) is 1. The predicted molar refractivity (Wildman–Crippen MR) is 77.7 cm³/mol. The maximum Gasteiger partial charge on any atom is 0.319 e. The van der Waals surface area contributed by atoms with Gasteiger partial charge in [-0.05, 0) is 24.0 Å². The largest absolute Gasteiger partial charge is 0.495 e. The number of ether oxygens (including phenoxy) is 1. The summed E-state index contributed by atoms with van der Waals surface area (Å²) in [5, 5.41) is 14.4. The van der Waals surface area contributed by atoms with E-state index in [1.165, 1.54) is 7.11 Å². The molecule has 0 heterocycles. The lowest BCUT2D eigenvalue weighted by molar-refractivity contribution is 0.252. The fraction of sp³-hybridized carbons (Fsp3) is 0.385. The van der Waals surface area contributed by atoms with Crippen LogP contribution in [0.4, 0.5) is 10.5 Å². The van der Waals surface area contributed by atoms with Crippen LogP contribution >= 0.6 is 11.8 Å². The minimum Gasteiger partial charge on any atom is -0.495 e. The Bertz CT molecular complexity index is 471. The first-order chi connectivity index (χ1) is 9.21. The summed E-state index contributed by atoms with van der Waals surface area (Å²) in [6.07, 6.45) is 0. The Morgan fingerprint density at radius 2 is 2.32 bits per heavy atom. The molecule has 6 heteroatoms. The van der Waals surface area contributed by atoms with E-state index in [9.17, 15) is 4.79 Å². The molecule has 0 unspecified atom stereocenters. The van der Waals surface area contributed by atoms with Crippen LogP contribution in [-0.2, 0) is 0 Å². The molecule has 1 aromatic carbocycles. The first-order valence-electron chi connectivity index (χ1n) is 5.92. The Balaban J connectivity index is 2.53. The molecule has 0 radical (unpaired) electrons. The molecule has 0 aromatic heterocycles. The third-order valence-corrected chi connectivity index (χ3v) is 3.21. The van der Waals surface area contributed by atoms with Crippen LogP contribution in [0.15, 0.2) is 18.2 Å². The standard InChI is InChI=1S/C13H17N3O2S/c1-3-19-7-6-15-13(17)16-11-4-5-12(18-2)10(8-11)9-14/h4-5,8H,3,6-7H2,1-2H3,(H2,15,16,17). The number of hydrogen-bond acceptors (Lipinski definition) is 4. The van der Waals surface area contributed by atoms with Crippen molar-refractivity contribution < 1.29 is 9.53 Å². The summed E-state index contributed by atoms with van der Waals surface area (Å²) in [6.45, 7) is 2.69. The lowest BCUT2D eigenvalue weighted by Crippen LogP contribution is -2.30. The zero-order valence-corrected chi connectivity index (χ0v) is 11.8. The average Bonchev–Trinajstić information content (AvgIpc) is 2.43. The molecule has 0 aliphatic rings. The van der Waals surface area contributed by atoms with Crippen molar-refractivity contribution in [3.05, 3.63) is 23.8 Å². The molecule has 0 fully saturated rings. The number of benzene rings is 1. The van der Waals surface area contributed by atoms with Gasteiger partial charge in [0.1, 0.15) is 11.8 Å². The normalized spacial score (nSPS) is 9.53. The highest BCUT2D eigenvalue weighted by molar-refractivity contribution is 7.99. The Morgan fingerprint density at radius 3 is 2.95 bits per heavy atom. The summed E-state index contributed by atoms with van der Waals surface area (Å²) in [5.74, 6) is 2.41. The second-order valence-corrected chi connectivity index (χ2v) is 5.00. The molecular formula is C13H17N3O2S. The number of urea groups is 1. The first-order valence-corrected chi connectivity index (χ1v) is 7.07. The first kappa shape index (κ1) is 15.2. The van der Waals surface area contributed by atoms with Gasteiger partial charge in [-0.1, -0.05) is 6.92 Å². The number of amides is 2. The van der Waals surface area contributed by atoms with Gasteiger partial charge in [0.25, 0.3) is 0 Å². The van der Waals surface area contributed by atoms with Crippen LogP contribution in [0.1, 0.15) is 12.5 Å². The topological polar surface area (TPSA) is 74.2 Å². The molecule has 0 spiro atoms. The van der Waals surface area contributed by atoms with Gasteiger partial charge < -0.3 is 15.4 Å². The van der Waals surface area contributed by atoms with Crippen LogP contribution in [-0.4, -0.2) is 31.2 Å². The van der Waals surface area contributed by atoms with E-state index in [0.29, 0.717) is 23.5 Å². The Labute approximate surface area is 117 Å². The number of anilines is 1. The summed E-state index contributed by atoms with van der Waals surface area (Å²) >= 11 is 1.77. The van der Waals surface area contributed by atoms with Crippen molar-refractivity contribution in [1.29, 1.82) is 5.26 Å². The van der Waals surface area contributed by atoms with Crippen LogP contribution in [0.3, 0.4) is 0 Å². The maximum atomic E-state index is 11.6. The second kappa shape index (κ2) is 8.27. The molecule has 0 atom stereocenters. The van der Waals surface area contributed by atoms with E-state index < -0.39 is 0 Å². The van der Waals surface area contributed by atoms with Crippen LogP contribution in [0.25, 0.3) is 0 Å². The van der Waals surface area contributed by atoms with Crippen molar-refractivity contribution in [2.75, 3.05) is 30.5 Å². The number of nitrogens with one attached hydrogen (secondary N) is 2. The maximum absolute atomic E-state index is 11.6. The molecule has 102 valence electrons. The monoisotopic (exact) mass is 279 g/mol. The molecule has 0 bridgehead atoms. The molecule has 1 aromatic rings. The van der Waals surface area contributed by atoms with Crippen molar-refractivity contribution in [3.63, 3.8) is 0 Å². The average molecular weight is 279 g/mol. The van der Waals surface area contributed by atoms with E-state index in [-0.39, 0.29) is 6.03 Å². The van der Waals surface area contributed by atoms with Crippen LogP contribution in [0.2, 0.25) is 0 Å².